The first-order chi connectivity index (χ1) is 9.36. The molecule has 0 aliphatic heterocycles. The molecule has 0 aliphatic carbocycles. The van der Waals surface area contributed by atoms with Gasteiger partial charge in [-0.2, -0.15) is 8.78 Å². The second kappa shape index (κ2) is 6.12. The van der Waals surface area contributed by atoms with Crippen molar-refractivity contribution in [2.24, 2.45) is 0 Å². The van der Waals surface area contributed by atoms with Gasteiger partial charge in [0.05, 0.1) is 15.1 Å². The first-order valence-corrected chi connectivity index (χ1v) is 6.40. The molecule has 7 heteroatoms. The smallest absolute Gasteiger partial charge is 0.387 e. The van der Waals surface area contributed by atoms with Gasteiger partial charge in [0.15, 0.2) is 0 Å². The zero-order valence-electron chi connectivity index (χ0n) is 9.64. The largest absolute Gasteiger partial charge is 0.435 e. The molecular formula is C13H6Cl3F3O. The fraction of sp³-hybridized carbons (Fsp3) is 0.0769. The highest BCUT2D eigenvalue weighted by Crippen LogP contribution is 2.36. The van der Waals surface area contributed by atoms with E-state index in [1.807, 2.05) is 0 Å². The van der Waals surface area contributed by atoms with E-state index in [4.69, 9.17) is 34.8 Å². The van der Waals surface area contributed by atoms with Crippen LogP contribution in [0, 0.1) is 5.82 Å². The van der Waals surface area contributed by atoms with Gasteiger partial charge in [-0.3, -0.25) is 0 Å². The highest BCUT2D eigenvalue weighted by Gasteiger charge is 2.11. The van der Waals surface area contributed by atoms with Gasteiger partial charge in [0, 0.05) is 6.07 Å². The van der Waals surface area contributed by atoms with Crippen molar-refractivity contribution >= 4 is 34.8 Å². The number of alkyl halides is 2. The van der Waals surface area contributed by atoms with Crippen LogP contribution >= 0.6 is 34.8 Å². The van der Waals surface area contributed by atoms with Crippen LogP contribution in [0.1, 0.15) is 0 Å². The summed E-state index contributed by atoms with van der Waals surface area (Å²) in [4.78, 5) is 0. The Balaban J connectivity index is 2.49. The number of ether oxygens (including phenoxy) is 1. The van der Waals surface area contributed by atoms with Crippen LogP contribution in [0.5, 0.6) is 5.75 Å². The average molecular weight is 342 g/mol. The molecule has 0 aliphatic rings. The molecule has 106 valence electrons. The molecule has 0 aromatic heterocycles. The predicted octanol–water partition coefficient (Wildman–Crippen LogP) is 6.05. The van der Waals surface area contributed by atoms with Gasteiger partial charge in [-0.05, 0) is 35.4 Å². The predicted molar refractivity (Wildman–Crippen MR) is 73.5 cm³/mol. The Labute approximate surface area is 127 Å². The molecule has 0 amide bonds. The van der Waals surface area contributed by atoms with Crippen LogP contribution in [0.4, 0.5) is 13.2 Å². The van der Waals surface area contributed by atoms with Gasteiger partial charge < -0.3 is 4.74 Å². The lowest BCUT2D eigenvalue weighted by atomic mass is 10.1. The number of rotatable bonds is 3. The van der Waals surface area contributed by atoms with Crippen LogP contribution in [0.15, 0.2) is 30.3 Å². The summed E-state index contributed by atoms with van der Waals surface area (Å²) in [6.07, 6.45) is 0. The minimum Gasteiger partial charge on any atom is -0.435 e. The van der Waals surface area contributed by atoms with Gasteiger partial charge in [0.1, 0.15) is 11.6 Å². The Hall–Kier alpha value is -1.10. The Kier molecular flexibility index (Phi) is 4.68. The number of hydrogen-bond donors (Lipinski definition) is 0. The van der Waals surface area contributed by atoms with Gasteiger partial charge in [-0.1, -0.05) is 34.8 Å². The molecule has 0 spiro atoms. The van der Waals surface area contributed by atoms with Crippen LogP contribution in [-0.4, -0.2) is 6.61 Å². The van der Waals surface area contributed by atoms with E-state index in [-0.39, 0.29) is 20.8 Å². The molecule has 20 heavy (non-hydrogen) atoms. The summed E-state index contributed by atoms with van der Waals surface area (Å²) in [5, 5.41) is 0.516. The van der Waals surface area contributed by atoms with Crippen molar-refractivity contribution in [1.29, 1.82) is 0 Å². The van der Waals surface area contributed by atoms with Crippen LogP contribution in [-0.2, 0) is 0 Å². The van der Waals surface area contributed by atoms with Crippen molar-refractivity contribution in [2.45, 2.75) is 6.61 Å². The van der Waals surface area contributed by atoms with E-state index in [0.29, 0.717) is 11.1 Å². The summed E-state index contributed by atoms with van der Waals surface area (Å²) >= 11 is 17.5. The summed E-state index contributed by atoms with van der Waals surface area (Å²) in [6, 6.07) is 6.17. The highest BCUT2D eigenvalue weighted by atomic mass is 35.5. The van der Waals surface area contributed by atoms with Crippen LogP contribution in [0.2, 0.25) is 15.1 Å². The van der Waals surface area contributed by atoms with Crippen molar-refractivity contribution < 1.29 is 17.9 Å². The van der Waals surface area contributed by atoms with Crippen molar-refractivity contribution in [2.75, 3.05) is 0 Å². The standard InChI is InChI=1S/C13H6Cl3F3O/c14-10-3-7(4-11(15)12(10)16)6-1-8(17)5-9(2-6)20-13(18)19/h1-5,13H. The van der Waals surface area contributed by atoms with E-state index in [0.717, 1.165) is 12.1 Å². The molecule has 0 fully saturated rings. The fourth-order valence-electron chi connectivity index (χ4n) is 1.62. The summed E-state index contributed by atoms with van der Waals surface area (Å²) in [7, 11) is 0. The highest BCUT2D eigenvalue weighted by molar-refractivity contribution is 6.48. The number of halogens is 6. The molecule has 1 nitrogen and oxygen atoms in total. The zero-order chi connectivity index (χ0) is 14.9. The van der Waals surface area contributed by atoms with Crippen LogP contribution in [0.25, 0.3) is 11.1 Å². The second-order valence-corrected chi connectivity index (χ2v) is 5.00. The Morgan fingerprint density at radius 1 is 0.850 bits per heavy atom. The Bertz CT molecular complexity index is 624. The van der Waals surface area contributed by atoms with E-state index in [1.165, 1.54) is 18.2 Å². The quantitative estimate of drug-likeness (QED) is 0.617. The van der Waals surface area contributed by atoms with Crippen LogP contribution < -0.4 is 4.74 Å². The van der Waals surface area contributed by atoms with Crippen molar-refractivity contribution in [3.8, 4) is 16.9 Å². The molecule has 0 heterocycles. The second-order valence-electron chi connectivity index (χ2n) is 3.81. The Morgan fingerprint density at radius 3 is 1.95 bits per heavy atom. The molecular weight excluding hydrogens is 335 g/mol. The van der Waals surface area contributed by atoms with E-state index < -0.39 is 12.4 Å². The number of hydrogen-bond acceptors (Lipinski definition) is 1. The maximum atomic E-state index is 13.4. The zero-order valence-corrected chi connectivity index (χ0v) is 11.9. The summed E-state index contributed by atoms with van der Waals surface area (Å²) in [5.41, 5.74) is 0.726. The van der Waals surface area contributed by atoms with Crippen molar-refractivity contribution in [1.82, 2.24) is 0 Å². The van der Waals surface area contributed by atoms with Crippen LogP contribution in [0.3, 0.4) is 0 Å². The third-order valence-corrected chi connectivity index (χ3v) is 3.61. The van der Waals surface area contributed by atoms with Gasteiger partial charge in [-0.15, -0.1) is 0 Å². The first kappa shape index (κ1) is 15.3. The topological polar surface area (TPSA) is 9.23 Å². The van der Waals surface area contributed by atoms with Crippen molar-refractivity contribution in [3.05, 3.63) is 51.2 Å². The molecule has 0 saturated heterocycles. The summed E-state index contributed by atoms with van der Waals surface area (Å²) in [6.45, 7) is -3.04. The molecule has 0 unspecified atom stereocenters. The molecule has 2 rings (SSSR count). The fourth-order valence-corrected chi connectivity index (χ4v) is 2.22. The van der Waals surface area contributed by atoms with E-state index >= 15 is 0 Å². The van der Waals surface area contributed by atoms with Gasteiger partial charge in [-0.25, -0.2) is 4.39 Å². The summed E-state index contributed by atoms with van der Waals surface area (Å²) in [5.74, 6) is -1.02. The Morgan fingerprint density at radius 2 is 1.40 bits per heavy atom. The number of benzene rings is 2. The molecule has 0 atom stereocenters. The maximum Gasteiger partial charge on any atom is 0.387 e. The molecule has 0 saturated carbocycles. The molecule has 2 aromatic rings. The molecule has 0 bridgehead atoms. The maximum absolute atomic E-state index is 13.4. The molecule has 0 radical (unpaired) electrons. The summed E-state index contributed by atoms with van der Waals surface area (Å²) < 4.78 is 41.9. The van der Waals surface area contributed by atoms with Gasteiger partial charge in [0.25, 0.3) is 0 Å². The molecule has 0 N–H and O–H groups in total. The van der Waals surface area contributed by atoms with E-state index in [2.05, 4.69) is 4.74 Å². The average Bonchev–Trinajstić information content (AvgIpc) is 2.33. The SMILES string of the molecule is Fc1cc(OC(F)F)cc(-c2cc(Cl)c(Cl)c(Cl)c2)c1. The van der Waals surface area contributed by atoms with E-state index in [9.17, 15) is 13.2 Å². The third kappa shape index (κ3) is 3.51. The first-order valence-electron chi connectivity index (χ1n) is 5.27. The minimum atomic E-state index is -3.04. The lowest BCUT2D eigenvalue weighted by Crippen LogP contribution is -2.02. The third-order valence-electron chi connectivity index (χ3n) is 2.41. The van der Waals surface area contributed by atoms with Gasteiger partial charge in [0.2, 0.25) is 0 Å². The normalized spacial score (nSPS) is 10.9. The lowest BCUT2D eigenvalue weighted by molar-refractivity contribution is -0.0499. The lowest BCUT2D eigenvalue weighted by Gasteiger charge is -2.09. The monoisotopic (exact) mass is 340 g/mol. The van der Waals surface area contributed by atoms with Gasteiger partial charge >= 0.3 is 6.61 Å². The van der Waals surface area contributed by atoms with E-state index in [1.54, 1.807) is 0 Å². The minimum absolute atomic E-state index is 0.164. The molecule has 2 aromatic carbocycles. The van der Waals surface area contributed by atoms with Crippen molar-refractivity contribution in [3.63, 3.8) is 0 Å².